The number of hydrogen-bond acceptors (Lipinski definition) is 4. The molecule has 0 aliphatic carbocycles. The summed E-state index contributed by atoms with van der Waals surface area (Å²) >= 11 is 6.11. The van der Waals surface area contributed by atoms with Crippen molar-refractivity contribution in [2.45, 2.75) is 25.9 Å². The molecule has 2 aromatic rings. The molecule has 0 radical (unpaired) electrons. The normalized spacial score (nSPS) is 11.4. The van der Waals surface area contributed by atoms with Crippen LogP contribution in [0.25, 0.3) is 0 Å². The zero-order valence-corrected chi connectivity index (χ0v) is 14.0. The largest absolute Gasteiger partial charge is 0.477 e. The quantitative estimate of drug-likeness (QED) is 0.673. The molecule has 0 saturated carbocycles. The first-order valence-corrected chi connectivity index (χ1v) is 7.77. The van der Waals surface area contributed by atoms with E-state index in [4.69, 9.17) is 16.3 Å². The Hall–Kier alpha value is -2.02. The lowest BCUT2D eigenvalue weighted by molar-refractivity contribution is -0.139. The Kier molecular flexibility index (Phi) is 5.88. The number of ether oxygens (including phenoxy) is 1. The first-order valence-electron chi connectivity index (χ1n) is 7.40. The van der Waals surface area contributed by atoms with Crippen LogP contribution in [0.1, 0.15) is 25.3 Å². The molecule has 4 nitrogen and oxygen atoms in total. The molecule has 0 unspecified atom stereocenters. The van der Waals surface area contributed by atoms with Gasteiger partial charge in [-0.1, -0.05) is 37.1 Å². The fourth-order valence-electron chi connectivity index (χ4n) is 1.97. The Morgan fingerprint density at radius 3 is 2.58 bits per heavy atom. The summed E-state index contributed by atoms with van der Waals surface area (Å²) in [6.45, 7) is 2.08. The minimum atomic E-state index is -4.58. The van der Waals surface area contributed by atoms with Crippen molar-refractivity contribution in [1.82, 2.24) is 9.97 Å². The summed E-state index contributed by atoms with van der Waals surface area (Å²) in [4.78, 5) is 9.26. The number of para-hydroxylation sites is 1. The molecule has 0 spiro atoms. The van der Waals surface area contributed by atoms with Crippen LogP contribution in [0, 0.1) is 0 Å². The van der Waals surface area contributed by atoms with Crippen molar-refractivity contribution < 1.29 is 17.9 Å². The molecule has 2 rings (SSSR count). The lowest BCUT2D eigenvalue weighted by atomic mass is 10.3. The number of unbranched alkanes of at least 4 members (excludes halogenated alkanes) is 1. The van der Waals surface area contributed by atoms with Crippen LogP contribution in [0.2, 0.25) is 5.02 Å². The molecule has 0 aliphatic rings. The van der Waals surface area contributed by atoms with E-state index in [0.29, 0.717) is 17.1 Å². The maximum atomic E-state index is 13.1. The first-order chi connectivity index (χ1) is 11.3. The highest BCUT2D eigenvalue weighted by atomic mass is 35.5. The van der Waals surface area contributed by atoms with Gasteiger partial charge in [0.25, 0.3) is 0 Å². The second kappa shape index (κ2) is 7.70. The predicted molar refractivity (Wildman–Crippen MR) is 87.0 cm³/mol. The highest BCUT2D eigenvalue weighted by molar-refractivity contribution is 6.33. The Balaban J connectivity index is 2.38. The lowest BCUT2D eigenvalue weighted by Crippen LogP contribution is -2.17. The van der Waals surface area contributed by atoms with Crippen LogP contribution >= 0.6 is 11.6 Å². The van der Waals surface area contributed by atoms with E-state index in [0.717, 1.165) is 12.6 Å². The molecule has 0 atom stereocenters. The molecule has 0 saturated heterocycles. The van der Waals surface area contributed by atoms with Gasteiger partial charge in [0.1, 0.15) is 5.56 Å². The molecular weight excluding hydrogens is 343 g/mol. The highest BCUT2D eigenvalue weighted by Gasteiger charge is 2.36. The van der Waals surface area contributed by atoms with E-state index in [1.54, 1.807) is 31.3 Å². The molecule has 130 valence electrons. The predicted octanol–water partition coefficient (Wildman–Crippen LogP) is 5.10. The number of halogens is 4. The smallest absolute Gasteiger partial charge is 0.423 e. The molecule has 0 aliphatic heterocycles. The van der Waals surface area contributed by atoms with Gasteiger partial charge in [0.15, 0.2) is 0 Å². The van der Waals surface area contributed by atoms with Crippen molar-refractivity contribution in [3.05, 3.63) is 41.0 Å². The molecule has 0 N–H and O–H groups in total. The lowest BCUT2D eigenvalue weighted by Gasteiger charge is -2.20. The standard InChI is InChI=1S/C16H17ClF3N3O/c1-3-4-9-24-14-11(16(18,19)20)10-21-15(22-14)23(2)13-8-6-5-7-12(13)17/h5-8,10H,3-4,9H2,1-2H3. The molecule has 0 amide bonds. The van der Waals surface area contributed by atoms with Crippen molar-refractivity contribution in [2.24, 2.45) is 0 Å². The van der Waals surface area contributed by atoms with Crippen LogP contribution in [0.15, 0.2) is 30.5 Å². The molecule has 8 heteroatoms. The van der Waals surface area contributed by atoms with Gasteiger partial charge in [-0.15, -0.1) is 0 Å². The maximum Gasteiger partial charge on any atom is 0.423 e. The zero-order chi connectivity index (χ0) is 17.7. The number of aromatic nitrogens is 2. The van der Waals surface area contributed by atoms with Gasteiger partial charge in [0.2, 0.25) is 11.8 Å². The Bertz CT molecular complexity index is 695. The third-order valence-electron chi connectivity index (χ3n) is 3.30. The van der Waals surface area contributed by atoms with Gasteiger partial charge in [-0.2, -0.15) is 18.2 Å². The summed E-state index contributed by atoms with van der Waals surface area (Å²) in [6.07, 6.45) is -2.41. The van der Waals surface area contributed by atoms with Crippen molar-refractivity contribution in [1.29, 1.82) is 0 Å². The van der Waals surface area contributed by atoms with Gasteiger partial charge in [-0.3, -0.25) is 0 Å². The van der Waals surface area contributed by atoms with Gasteiger partial charge in [0.05, 0.1) is 17.3 Å². The van der Waals surface area contributed by atoms with E-state index >= 15 is 0 Å². The second-order valence-electron chi connectivity index (χ2n) is 5.10. The minimum absolute atomic E-state index is 0.0719. The van der Waals surface area contributed by atoms with E-state index in [-0.39, 0.29) is 12.6 Å². The van der Waals surface area contributed by atoms with E-state index in [1.165, 1.54) is 4.90 Å². The number of rotatable bonds is 6. The monoisotopic (exact) mass is 359 g/mol. The van der Waals surface area contributed by atoms with Gasteiger partial charge < -0.3 is 9.64 Å². The molecule has 1 aromatic carbocycles. The van der Waals surface area contributed by atoms with Gasteiger partial charge in [0, 0.05) is 13.2 Å². The number of benzene rings is 1. The van der Waals surface area contributed by atoms with Gasteiger partial charge >= 0.3 is 6.18 Å². The van der Waals surface area contributed by atoms with Crippen LogP contribution < -0.4 is 9.64 Å². The van der Waals surface area contributed by atoms with Crippen LogP contribution in [0.5, 0.6) is 5.88 Å². The fraction of sp³-hybridized carbons (Fsp3) is 0.375. The van der Waals surface area contributed by atoms with E-state index in [1.807, 2.05) is 6.92 Å². The average Bonchev–Trinajstić information content (AvgIpc) is 2.54. The van der Waals surface area contributed by atoms with E-state index < -0.39 is 17.6 Å². The third-order valence-corrected chi connectivity index (χ3v) is 3.62. The Morgan fingerprint density at radius 1 is 1.25 bits per heavy atom. The average molecular weight is 360 g/mol. The van der Waals surface area contributed by atoms with Crippen molar-refractivity contribution in [2.75, 3.05) is 18.6 Å². The van der Waals surface area contributed by atoms with Crippen LogP contribution in [-0.4, -0.2) is 23.6 Å². The van der Waals surface area contributed by atoms with Crippen molar-refractivity contribution in [3.8, 4) is 5.88 Å². The fourth-order valence-corrected chi connectivity index (χ4v) is 2.23. The molecule has 1 heterocycles. The first kappa shape index (κ1) is 18.3. The van der Waals surface area contributed by atoms with Crippen LogP contribution in [-0.2, 0) is 6.18 Å². The Morgan fingerprint density at radius 2 is 1.96 bits per heavy atom. The SMILES string of the molecule is CCCCOc1nc(N(C)c2ccccc2Cl)ncc1C(F)(F)F. The van der Waals surface area contributed by atoms with Crippen molar-refractivity contribution >= 4 is 23.2 Å². The van der Waals surface area contributed by atoms with E-state index in [9.17, 15) is 13.2 Å². The summed E-state index contributed by atoms with van der Waals surface area (Å²) in [6, 6.07) is 6.92. The summed E-state index contributed by atoms with van der Waals surface area (Å²) in [7, 11) is 1.62. The highest BCUT2D eigenvalue weighted by Crippen LogP contribution is 2.36. The third kappa shape index (κ3) is 4.29. The Labute approximate surface area is 143 Å². The van der Waals surface area contributed by atoms with Crippen molar-refractivity contribution in [3.63, 3.8) is 0 Å². The topological polar surface area (TPSA) is 38.2 Å². The van der Waals surface area contributed by atoms with Crippen LogP contribution in [0.3, 0.4) is 0 Å². The molecule has 0 bridgehead atoms. The van der Waals surface area contributed by atoms with Gasteiger partial charge in [-0.25, -0.2) is 4.98 Å². The second-order valence-corrected chi connectivity index (χ2v) is 5.51. The minimum Gasteiger partial charge on any atom is -0.477 e. The van der Waals surface area contributed by atoms with Crippen LogP contribution in [0.4, 0.5) is 24.8 Å². The number of anilines is 2. The number of alkyl halides is 3. The molecule has 0 fully saturated rings. The summed E-state index contributed by atoms with van der Waals surface area (Å²) < 4.78 is 44.5. The zero-order valence-electron chi connectivity index (χ0n) is 13.3. The maximum absolute atomic E-state index is 13.1. The molecular formula is C16H17ClF3N3O. The number of hydrogen-bond donors (Lipinski definition) is 0. The van der Waals surface area contributed by atoms with E-state index in [2.05, 4.69) is 9.97 Å². The van der Waals surface area contributed by atoms with Gasteiger partial charge in [-0.05, 0) is 18.6 Å². The summed E-state index contributed by atoms with van der Waals surface area (Å²) in [5.74, 6) is -0.401. The number of nitrogens with zero attached hydrogens (tertiary/aromatic N) is 3. The summed E-state index contributed by atoms with van der Waals surface area (Å²) in [5, 5.41) is 0.442. The molecule has 24 heavy (non-hydrogen) atoms. The molecule has 1 aromatic heterocycles. The summed E-state index contributed by atoms with van der Waals surface area (Å²) in [5.41, 5.74) is -0.409.